The Morgan fingerprint density at radius 1 is 0.897 bits per heavy atom. The molecule has 1 aromatic rings. The normalized spacial score (nSPS) is 21.5. The highest BCUT2D eigenvalue weighted by atomic mass is 16.6. The Bertz CT molecular complexity index is 1010. The topological polar surface area (TPSA) is 83.9 Å². The Balaban J connectivity index is 2.18. The second-order valence-corrected chi connectivity index (χ2v) is 9.75. The average Bonchev–Trinajstić information content (AvgIpc) is 2.74. The first kappa shape index (κ1) is 21.1. The van der Waals surface area contributed by atoms with Gasteiger partial charge in [-0.15, -0.1) is 0 Å². The zero-order valence-corrected chi connectivity index (χ0v) is 18.1. The van der Waals surface area contributed by atoms with Crippen LogP contribution in [0.3, 0.4) is 0 Å². The molecule has 0 saturated carbocycles. The summed E-state index contributed by atoms with van der Waals surface area (Å²) in [4.78, 5) is 12.3. The molecule has 0 amide bonds. The minimum atomic E-state index is -0.812. The summed E-state index contributed by atoms with van der Waals surface area (Å²) in [5.74, 6) is -0.445. The summed E-state index contributed by atoms with van der Waals surface area (Å²) in [5.41, 5.74) is -0.720. The number of aliphatic hydroxyl groups excluding tert-OH is 1. The molecule has 3 rings (SSSR count). The molecule has 0 bridgehead atoms. The van der Waals surface area contributed by atoms with E-state index < -0.39 is 16.5 Å². The number of carbonyl (C=O) groups is 1. The zero-order valence-electron chi connectivity index (χ0n) is 18.1. The summed E-state index contributed by atoms with van der Waals surface area (Å²) >= 11 is 0. The second-order valence-electron chi connectivity index (χ2n) is 9.75. The first-order chi connectivity index (χ1) is 13.2. The van der Waals surface area contributed by atoms with Crippen LogP contribution in [-0.4, -0.2) is 37.3 Å². The largest absolute Gasteiger partial charge is 0.504 e. The molecule has 0 unspecified atom stereocenters. The summed E-state index contributed by atoms with van der Waals surface area (Å²) in [6.45, 7) is 13.0. The number of benzene rings is 1. The minimum Gasteiger partial charge on any atom is -0.504 e. The van der Waals surface area contributed by atoms with Gasteiger partial charge in [0.1, 0.15) is 0 Å². The van der Waals surface area contributed by atoms with Crippen molar-refractivity contribution >= 4 is 17.2 Å². The highest BCUT2D eigenvalue weighted by Gasteiger charge is 2.56. The molecule has 0 atom stereocenters. The van der Waals surface area contributed by atoms with Crippen LogP contribution < -0.4 is 10.4 Å². The Hall–Kier alpha value is -2.57. The molecule has 1 aliphatic carbocycles. The molecule has 1 radical (unpaired) electrons. The summed E-state index contributed by atoms with van der Waals surface area (Å²) in [6, 6.07) is 7.15. The maximum atomic E-state index is 12.9. The molecular formula is C23H29N2O4. The number of hydrogen-bond acceptors (Lipinski definition) is 5. The van der Waals surface area contributed by atoms with E-state index >= 15 is 0 Å². The van der Waals surface area contributed by atoms with Crippen molar-refractivity contribution in [2.45, 2.75) is 59.5 Å². The van der Waals surface area contributed by atoms with E-state index in [2.05, 4.69) is 0 Å². The van der Waals surface area contributed by atoms with Crippen molar-refractivity contribution in [3.63, 3.8) is 0 Å². The van der Waals surface area contributed by atoms with E-state index in [1.165, 1.54) is 6.08 Å². The SMILES string of the molecule is CC(C)(C)C1=CC(=c2ccc(=C3N([O])C(C)(C)C(C)(C)N3O)cc2)C=C(O)C1=O. The lowest BCUT2D eigenvalue weighted by Crippen LogP contribution is -2.52. The van der Waals surface area contributed by atoms with Crippen molar-refractivity contribution in [1.29, 1.82) is 0 Å². The predicted molar refractivity (Wildman–Crippen MR) is 110 cm³/mol. The average molecular weight is 397 g/mol. The summed E-state index contributed by atoms with van der Waals surface area (Å²) in [6.07, 6.45) is 3.25. The number of allylic oxidation sites excluding steroid dienone is 3. The smallest absolute Gasteiger partial charge is 0.223 e. The lowest BCUT2D eigenvalue weighted by molar-refractivity contribution is -0.167. The Kier molecular flexibility index (Phi) is 4.72. The molecule has 6 nitrogen and oxygen atoms in total. The standard InChI is InChI=1S/C23H29N2O4/c1-21(2,3)17-12-16(13-18(26)19(17)27)14-8-10-15(11-9-14)20-24(28)22(4,5)23(6,7)25(20)29/h8-13,26,28H,1-7H3. The van der Waals surface area contributed by atoms with Gasteiger partial charge in [0, 0.05) is 10.8 Å². The third-order valence-electron chi connectivity index (χ3n) is 6.28. The lowest BCUT2D eigenvalue weighted by Gasteiger charge is -2.36. The van der Waals surface area contributed by atoms with E-state index in [-0.39, 0.29) is 17.4 Å². The highest BCUT2D eigenvalue weighted by Crippen LogP contribution is 2.43. The van der Waals surface area contributed by atoms with Gasteiger partial charge >= 0.3 is 0 Å². The van der Waals surface area contributed by atoms with Crippen LogP contribution in [0.1, 0.15) is 48.5 Å². The van der Waals surface area contributed by atoms with Gasteiger partial charge in [0.2, 0.25) is 5.78 Å². The first-order valence-corrected chi connectivity index (χ1v) is 9.68. The molecule has 6 heteroatoms. The van der Waals surface area contributed by atoms with Crippen LogP contribution in [0.2, 0.25) is 0 Å². The number of aliphatic hydroxyl groups is 1. The molecular weight excluding hydrogens is 368 g/mol. The van der Waals surface area contributed by atoms with Crippen LogP contribution in [0.4, 0.5) is 0 Å². The maximum Gasteiger partial charge on any atom is 0.223 e. The van der Waals surface area contributed by atoms with E-state index in [9.17, 15) is 20.3 Å². The van der Waals surface area contributed by atoms with Gasteiger partial charge < -0.3 is 5.11 Å². The molecule has 1 fully saturated rings. The van der Waals surface area contributed by atoms with E-state index in [0.29, 0.717) is 10.8 Å². The van der Waals surface area contributed by atoms with Crippen LogP contribution in [0.25, 0.3) is 11.4 Å². The number of nitrogens with zero attached hydrogens (tertiary/aromatic N) is 2. The Morgan fingerprint density at radius 2 is 1.41 bits per heavy atom. The van der Waals surface area contributed by atoms with Crippen molar-refractivity contribution in [2.24, 2.45) is 5.41 Å². The van der Waals surface area contributed by atoms with Gasteiger partial charge in [0.15, 0.2) is 11.6 Å². The third kappa shape index (κ3) is 3.16. The molecule has 1 aromatic carbocycles. The number of ketones is 1. The Labute approximate surface area is 171 Å². The molecule has 155 valence electrons. The van der Waals surface area contributed by atoms with Gasteiger partial charge in [0.25, 0.3) is 0 Å². The molecule has 1 heterocycles. The third-order valence-corrected chi connectivity index (χ3v) is 6.28. The summed E-state index contributed by atoms with van der Waals surface area (Å²) < 4.78 is 0. The Morgan fingerprint density at radius 3 is 1.86 bits per heavy atom. The van der Waals surface area contributed by atoms with Crippen LogP contribution >= 0.6 is 0 Å². The first-order valence-electron chi connectivity index (χ1n) is 9.68. The number of hydrogen-bond donors (Lipinski definition) is 2. The number of carbonyl (C=O) groups excluding carboxylic acids is 1. The number of hydroxylamine groups is 4. The minimum absolute atomic E-state index is 0.194. The number of Topliss-reactive ketones (excluding diaryl/α,β-unsaturated/α-hetero) is 1. The molecule has 2 aliphatic rings. The monoisotopic (exact) mass is 397 g/mol. The highest BCUT2D eigenvalue weighted by molar-refractivity contribution is 6.12. The second kappa shape index (κ2) is 6.47. The molecule has 0 spiro atoms. The summed E-state index contributed by atoms with van der Waals surface area (Å²) in [5, 5.41) is 36.9. The van der Waals surface area contributed by atoms with Gasteiger partial charge in [-0.2, -0.15) is 5.06 Å². The van der Waals surface area contributed by atoms with E-state index in [0.717, 1.165) is 20.9 Å². The fraction of sp³-hybridized carbons (Fsp3) is 0.435. The van der Waals surface area contributed by atoms with Gasteiger partial charge in [-0.25, -0.2) is 5.06 Å². The van der Waals surface area contributed by atoms with Gasteiger partial charge in [-0.3, -0.25) is 10.0 Å². The fourth-order valence-corrected chi connectivity index (χ4v) is 3.51. The van der Waals surface area contributed by atoms with Crippen molar-refractivity contribution in [3.8, 4) is 0 Å². The lowest BCUT2D eigenvalue weighted by atomic mass is 9.80. The van der Waals surface area contributed by atoms with Crippen molar-refractivity contribution in [2.75, 3.05) is 0 Å². The van der Waals surface area contributed by atoms with Crippen LogP contribution in [0, 0.1) is 5.41 Å². The molecule has 1 aliphatic heterocycles. The molecule has 0 aromatic heterocycles. The quantitative estimate of drug-likeness (QED) is 0.703. The van der Waals surface area contributed by atoms with Crippen LogP contribution in [0.5, 0.6) is 0 Å². The van der Waals surface area contributed by atoms with Crippen molar-refractivity contribution in [3.05, 3.63) is 58.2 Å². The molecule has 2 N–H and O–H groups in total. The number of rotatable bonds is 0. The van der Waals surface area contributed by atoms with Gasteiger partial charge in [0.05, 0.1) is 11.1 Å². The predicted octanol–water partition coefficient (Wildman–Crippen LogP) is 2.81. The maximum absolute atomic E-state index is 12.9. The van der Waals surface area contributed by atoms with E-state index in [1.54, 1.807) is 32.1 Å². The van der Waals surface area contributed by atoms with Crippen molar-refractivity contribution in [1.82, 2.24) is 10.1 Å². The fourth-order valence-electron chi connectivity index (χ4n) is 3.51. The van der Waals surface area contributed by atoms with Crippen LogP contribution in [-0.2, 0) is 10.0 Å². The summed E-state index contributed by atoms with van der Waals surface area (Å²) in [7, 11) is 0. The van der Waals surface area contributed by atoms with Gasteiger partial charge in [-0.05, 0) is 56.1 Å². The molecule has 1 saturated heterocycles. The zero-order chi connectivity index (χ0) is 21.9. The van der Waals surface area contributed by atoms with E-state index in [1.807, 2.05) is 46.8 Å². The van der Waals surface area contributed by atoms with Crippen molar-refractivity contribution < 1.29 is 20.3 Å². The van der Waals surface area contributed by atoms with Crippen LogP contribution in [0.15, 0.2) is 47.7 Å². The van der Waals surface area contributed by atoms with Gasteiger partial charge in [-0.1, -0.05) is 50.2 Å². The van der Waals surface area contributed by atoms with E-state index in [4.69, 9.17) is 0 Å². The molecule has 29 heavy (non-hydrogen) atoms.